The number of para-hydroxylation sites is 1. The molecule has 0 aliphatic heterocycles. The first-order valence-corrected chi connectivity index (χ1v) is 6.67. The summed E-state index contributed by atoms with van der Waals surface area (Å²) in [7, 11) is 0. The number of benzene rings is 2. The summed E-state index contributed by atoms with van der Waals surface area (Å²) in [5.41, 5.74) is 0.931. The quantitative estimate of drug-likeness (QED) is 0.736. The maximum atomic E-state index is 12.5. The molecule has 1 aromatic heterocycles. The SMILES string of the molecule is O=c1ccn(Cc2ccccc2)c(=O)n1-c1ccccc1. The van der Waals surface area contributed by atoms with Crippen molar-refractivity contribution in [2.45, 2.75) is 6.54 Å². The maximum Gasteiger partial charge on any atom is 0.335 e. The molecule has 2 aromatic carbocycles. The van der Waals surface area contributed by atoms with E-state index >= 15 is 0 Å². The predicted octanol–water partition coefficient (Wildman–Crippen LogP) is 2.05. The monoisotopic (exact) mass is 278 g/mol. The van der Waals surface area contributed by atoms with E-state index < -0.39 is 0 Å². The van der Waals surface area contributed by atoms with Crippen molar-refractivity contribution < 1.29 is 0 Å². The molecule has 0 radical (unpaired) electrons. The number of hydrogen-bond donors (Lipinski definition) is 0. The molecule has 0 aliphatic carbocycles. The van der Waals surface area contributed by atoms with E-state index in [2.05, 4.69) is 0 Å². The molecule has 0 unspecified atom stereocenters. The summed E-state index contributed by atoms with van der Waals surface area (Å²) in [4.78, 5) is 24.5. The Balaban J connectivity index is 2.09. The Hall–Kier alpha value is -2.88. The van der Waals surface area contributed by atoms with Gasteiger partial charge in [-0.05, 0) is 17.7 Å². The summed E-state index contributed by atoms with van der Waals surface area (Å²) in [5.74, 6) is 0. The molecule has 0 amide bonds. The molecule has 4 nitrogen and oxygen atoms in total. The molecule has 0 saturated heterocycles. The van der Waals surface area contributed by atoms with Crippen LogP contribution in [0.3, 0.4) is 0 Å². The molecule has 3 rings (SSSR count). The van der Waals surface area contributed by atoms with Gasteiger partial charge >= 0.3 is 5.69 Å². The van der Waals surface area contributed by atoms with Crippen LogP contribution in [0.5, 0.6) is 0 Å². The molecule has 0 atom stereocenters. The number of rotatable bonds is 3. The molecule has 0 fully saturated rings. The van der Waals surface area contributed by atoms with Crippen LogP contribution < -0.4 is 11.2 Å². The van der Waals surface area contributed by atoms with Crippen LogP contribution in [0.1, 0.15) is 5.56 Å². The second kappa shape index (κ2) is 5.63. The second-order valence-electron chi connectivity index (χ2n) is 4.72. The van der Waals surface area contributed by atoms with Crippen LogP contribution in [-0.4, -0.2) is 9.13 Å². The fourth-order valence-corrected chi connectivity index (χ4v) is 2.23. The van der Waals surface area contributed by atoms with Crippen LogP contribution in [0.4, 0.5) is 0 Å². The van der Waals surface area contributed by atoms with Gasteiger partial charge in [0.25, 0.3) is 5.56 Å². The molecule has 4 heteroatoms. The molecule has 0 N–H and O–H groups in total. The third-order valence-electron chi connectivity index (χ3n) is 3.26. The standard InChI is InChI=1S/C17H14N2O2/c20-16-11-12-18(13-14-7-3-1-4-8-14)17(21)19(16)15-9-5-2-6-10-15/h1-12H,13H2. The van der Waals surface area contributed by atoms with Crippen molar-refractivity contribution in [2.75, 3.05) is 0 Å². The first-order chi connectivity index (χ1) is 10.3. The highest BCUT2D eigenvalue weighted by Gasteiger charge is 2.07. The zero-order valence-corrected chi connectivity index (χ0v) is 11.3. The van der Waals surface area contributed by atoms with Crippen LogP contribution in [0.15, 0.2) is 82.5 Å². The van der Waals surface area contributed by atoms with Gasteiger partial charge in [0.1, 0.15) is 0 Å². The van der Waals surface area contributed by atoms with Gasteiger partial charge < -0.3 is 0 Å². The minimum Gasteiger partial charge on any atom is -0.296 e. The van der Waals surface area contributed by atoms with Crippen molar-refractivity contribution in [3.63, 3.8) is 0 Å². The zero-order valence-electron chi connectivity index (χ0n) is 11.3. The number of nitrogens with zero attached hydrogens (tertiary/aromatic N) is 2. The van der Waals surface area contributed by atoms with Crippen LogP contribution >= 0.6 is 0 Å². The third-order valence-corrected chi connectivity index (χ3v) is 3.26. The minimum atomic E-state index is -0.336. The fourth-order valence-electron chi connectivity index (χ4n) is 2.23. The first-order valence-electron chi connectivity index (χ1n) is 6.67. The van der Waals surface area contributed by atoms with E-state index in [0.717, 1.165) is 5.56 Å². The van der Waals surface area contributed by atoms with E-state index in [9.17, 15) is 9.59 Å². The van der Waals surface area contributed by atoms with Crippen LogP contribution in [0.25, 0.3) is 5.69 Å². The molecular weight excluding hydrogens is 264 g/mol. The summed E-state index contributed by atoms with van der Waals surface area (Å²) < 4.78 is 2.71. The topological polar surface area (TPSA) is 44.0 Å². The van der Waals surface area contributed by atoms with Crippen molar-refractivity contribution >= 4 is 0 Å². The summed E-state index contributed by atoms with van der Waals surface area (Å²) >= 11 is 0. The summed E-state index contributed by atoms with van der Waals surface area (Å²) in [5, 5.41) is 0. The minimum absolute atomic E-state index is 0.324. The van der Waals surface area contributed by atoms with E-state index in [4.69, 9.17) is 0 Å². The van der Waals surface area contributed by atoms with Crippen molar-refractivity contribution in [1.29, 1.82) is 0 Å². The van der Waals surface area contributed by atoms with Gasteiger partial charge in [0.2, 0.25) is 0 Å². The molecule has 0 saturated carbocycles. The molecule has 3 aromatic rings. The first kappa shape index (κ1) is 13.1. The van der Waals surface area contributed by atoms with E-state index in [1.807, 2.05) is 36.4 Å². The lowest BCUT2D eigenvalue weighted by atomic mass is 10.2. The average molecular weight is 278 g/mol. The summed E-state index contributed by atoms with van der Waals surface area (Å²) in [6, 6.07) is 20.0. The van der Waals surface area contributed by atoms with Gasteiger partial charge in [0, 0.05) is 12.3 Å². The van der Waals surface area contributed by atoms with Crippen molar-refractivity contribution in [2.24, 2.45) is 0 Å². The van der Waals surface area contributed by atoms with E-state index in [0.29, 0.717) is 12.2 Å². The number of hydrogen-bond acceptors (Lipinski definition) is 2. The average Bonchev–Trinajstić information content (AvgIpc) is 2.52. The molecule has 1 heterocycles. The van der Waals surface area contributed by atoms with Gasteiger partial charge in [-0.3, -0.25) is 9.36 Å². The van der Waals surface area contributed by atoms with E-state index in [-0.39, 0.29) is 11.2 Å². The van der Waals surface area contributed by atoms with Gasteiger partial charge in [-0.1, -0.05) is 48.5 Å². The van der Waals surface area contributed by atoms with Crippen molar-refractivity contribution in [3.8, 4) is 5.69 Å². The van der Waals surface area contributed by atoms with Gasteiger partial charge in [-0.15, -0.1) is 0 Å². The van der Waals surface area contributed by atoms with Gasteiger partial charge in [0.05, 0.1) is 12.2 Å². The Morgan fingerprint density at radius 3 is 2.05 bits per heavy atom. The Kier molecular flexibility index (Phi) is 3.51. The van der Waals surface area contributed by atoms with Crippen LogP contribution in [-0.2, 0) is 6.54 Å². The summed E-state index contributed by atoms with van der Waals surface area (Å²) in [6.07, 6.45) is 1.54. The zero-order chi connectivity index (χ0) is 14.7. The highest BCUT2D eigenvalue weighted by molar-refractivity contribution is 5.31. The smallest absolute Gasteiger partial charge is 0.296 e. The Morgan fingerprint density at radius 2 is 1.38 bits per heavy atom. The number of aromatic nitrogens is 2. The van der Waals surface area contributed by atoms with Gasteiger partial charge in [-0.25, -0.2) is 9.36 Å². The van der Waals surface area contributed by atoms with E-state index in [1.165, 1.54) is 21.4 Å². The lowest BCUT2D eigenvalue weighted by Crippen LogP contribution is -2.37. The largest absolute Gasteiger partial charge is 0.335 e. The molecule has 0 aliphatic rings. The second-order valence-corrected chi connectivity index (χ2v) is 4.72. The van der Waals surface area contributed by atoms with Crippen molar-refractivity contribution in [1.82, 2.24) is 9.13 Å². The van der Waals surface area contributed by atoms with Gasteiger partial charge in [0.15, 0.2) is 0 Å². The molecule has 0 bridgehead atoms. The Bertz CT molecular complexity index is 849. The maximum absolute atomic E-state index is 12.5. The molecule has 21 heavy (non-hydrogen) atoms. The van der Waals surface area contributed by atoms with Crippen molar-refractivity contribution in [3.05, 3.63) is 99.3 Å². The lowest BCUT2D eigenvalue weighted by Gasteiger charge is -2.09. The fraction of sp³-hybridized carbons (Fsp3) is 0.0588. The lowest BCUT2D eigenvalue weighted by molar-refractivity contribution is 0.682. The van der Waals surface area contributed by atoms with Crippen LogP contribution in [0, 0.1) is 0 Å². The molecule has 0 spiro atoms. The Labute approximate surface area is 121 Å². The normalized spacial score (nSPS) is 10.5. The molecule has 104 valence electrons. The summed E-state index contributed by atoms with van der Waals surface area (Å²) in [6.45, 7) is 0.437. The highest BCUT2D eigenvalue weighted by atomic mass is 16.2. The Morgan fingerprint density at radius 1 is 0.762 bits per heavy atom. The highest BCUT2D eigenvalue weighted by Crippen LogP contribution is 2.02. The van der Waals surface area contributed by atoms with Crippen LogP contribution in [0.2, 0.25) is 0 Å². The third kappa shape index (κ3) is 2.69. The molecular formula is C17H14N2O2. The predicted molar refractivity (Wildman–Crippen MR) is 81.8 cm³/mol. The van der Waals surface area contributed by atoms with E-state index in [1.54, 1.807) is 24.3 Å². The van der Waals surface area contributed by atoms with Gasteiger partial charge in [-0.2, -0.15) is 0 Å².